The van der Waals surface area contributed by atoms with Crippen LogP contribution in [0.25, 0.3) is 33.4 Å². The highest BCUT2D eigenvalue weighted by atomic mass is 19.1. The number of hydrogen-bond acceptors (Lipinski definition) is 5. The van der Waals surface area contributed by atoms with Crippen LogP contribution in [0.4, 0.5) is 4.39 Å². The Hall–Kier alpha value is -4.98. The molecule has 42 heavy (non-hydrogen) atoms. The van der Waals surface area contributed by atoms with Crippen molar-refractivity contribution in [3.8, 4) is 28.2 Å². The number of halogens is 1. The van der Waals surface area contributed by atoms with Gasteiger partial charge >= 0.3 is 0 Å². The van der Waals surface area contributed by atoms with E-state index in [1.54, 1.807) is 49.6 Å². The fourth-order valence-corrected chi connectivity index (χ4v) is 4.65. The third-order valence-corrected chi connectivity index (χ3v) is 6.81. The van der Waals surface area contributed by atoms with Crippen molar-refractivity contribution in [3.63, 3.8) is 0 Å². The predicted octanol–water partition coefficient (Wildman–Crippen LogP) is 6.67. The van der Waals surface area contributed by atoms with Gasteiger partial charge in [-0.2, -0.15) is 0 Å². The van der Waals surface area contributed by atoms with Crippen LogP contribution in [0, 0.1) is 11.7 Å². The number of amides is 2. The van der Waals surface area contributed by atoms with Crippen LogP contribution >= 0.6 is 0 Å². The molecule has 0 saturated carbocycles. The van der Waals surface area contributed by atoms with Crippen LogP contribution in [0.2, 0.25) is 0 Å². The first kappa shape index (κ1) is 28.5. The Morgan fingerprint density at radius 2 is 1.74 bits per heavy atom. The van der Waals surface area contributed by atoms with Crippen molar-refractivity contribution in [1.29, 1.82) is 0 Å². The van der Waals surface area contributed by atoms with Gasteiger partial charge in [0.15, 0.2) is 0 Å². The second kappa shape index (κ2) is 12.7. The zero-order valence-corrected chi connectivity index (χ0v) is 23.7. The van der Waals surface area contributed by atoms with Gasteiger partial charge in [0.25, 0.3) is 11.8 Å². The first-order chi connectivity index (χ1) is 20.3. The Labute approximate surface area is 243 Å². The van der Waals surface area contributed by atoms with Gasteiger partial charge in [0, 0.05) is 54.0 Å². The summed E-state index contributed by atoms with van der Waals surface area (Å²) < 4.78 is 25.9. The van der Waals surface area contributed by atoms with Crippen molar-refractivity contribution in [2.75, 3.05) is 20.2 Å². The van der Waals surface area contributed by atoms with E-state index >= 15 is 0 Å². The third kappa shape index (κ3) is 6.33. The number of fused-ring (bicyclic) bond motifs is 1. The summed E-state index contributed by atoms with van der Waals surface area (Å²) >= 11 is 0. The van der Waals surface area contributed by atoms with E-state index in [2.05, 4.69) is 15.6 Å². The van der Waals surface area contributed by atoms with E-state index in [1.165, 1.54) is 12.1 Å². The van der Waals surface area contributed by atoms with Crippen molar-refractivity contribution in [3.05, 3.63) is 108 Å². The summed E-state index contributed by atoms with van der Waals surface area (Å²) in [7, 11) is 1.55. The average Bonchev–Trinajstić information content (AvgIpc) is 3.39. The molecule has 0 saturated heterocycles. The summed E-state index contributed by atoms with van der Waals surface area (Å²) in [6.07, 6.45) is 2.36. The second-order valence-electron chi connectivity index (χ2n) is 10.3. The largest absolute Gasteiger partial charge is 0.493 e. The number of rotatable bonds is 10. The van der Waals surface area contributed by atoms with E-state index < -0.39 is 0 Å². The van der Waals surface area contributed by atoms with Crippen LogP contribution in [0.15, 0.2) is 89.5 Å². The first-order valence-electron chi connectivity index (χ1n) is 13.8. The van der Waals surface area contributed by atoms with Gasteiger partial charge in [-0.15, -0.1) is 0 Å². The second-order valence-corrected chi connectivity index (χ2v) is 10.3. The number of nitrogens with zero attached hydrogens (tertiary/aromatic N) is 1. The van der Waals surface area contributed by atoms with Gasteiger partial charge in [0.1, 0.15) is 22.9 Å². The summed E-state index contributed by atoms with van der Waals surface area (Å²) in [5.74, 6) is 0.346. The van der Waals surface area contributed by atoms with E-state index in [-0.39, 0.29) is 17.6 Å². The predicted molar refractivity (Wildman–Crippen MR) is 161 cm³/mol. The summed E-state index contributed by atoms with van der Waals surface area (Å²) in [4.78, 5) is 30.4. The van der Waals surface area contributed by atoms with Gasteiger partial charge in [-0.25, -0.2) is 4.39 Å². The van der Waals surface area contributed by atoms with Gasteiger partial charge in [-0.05, 0) is 78.2 Å². The van der Waals surface area contributed by atoms with Crippen LogP contribution in [0.1, 0.15) is 40.3 Å². The summed E-state index contributed by atoms with van der Waals surface area (Å²) in [5.41, 5.74) is 4.26. The lowest BCUT2D eigenvalue weighted by molar-refractivity contribution is 0.0945. The Balaban J connectivity index is 1.57. The van der Waals surface area contributed by atoms with Crippen molar-refractivity contribution in [2.24, 2.45) is 5.92 Å². The molecule has 0 spiro atoms. The monoisotopic (exact) mass is 565 g/mol. The topological polar surface area (TPSA) is 93.5 Å². The minimum Gasteiger partial charge on any atom is -0.493 e. The first-order valence-corrected chi connectivity index (χ1v) is 13.8. The quantitative estimate of drug-likeness (QED) is 0.197. The molecule has 0 radical (unpaired) electrons. The van der Waals surface area contributed by atoms with Gasteiger partial charge in [0.2, 0.25) is 0 Å². The minimum atomic E-state index is -0.383. The molecule has 0 aliphatic rings. The number of pyridine rings is 1. The van der Waals surface area contributed by atoms with Crippen molar-refractivity contribution in [2.45, 2.75) is 20.3 Å². The molecular formula is C34H32FN3O4. The molecule has 5 aromatic rings. The number of carbonyl (C=O) groups is 2. The fraction of sp³-hybridized carbons (Fsp3) is 0.206. The molecular weight excluding hydrogens is 533 g/mol. The lowest BCUT2D eigenvalue weighted by Crippen LogP contribution is -2.27. The lowest BCUT2D eigenvalue weighted by atomic mass is 9.98. The summed E-state index contributed by atoms with van der Waals surface area (Å²) in [6.45, 7) is 5.01. The number of nitrogens with one attached hydrogen (secondary N) is 2. The molecule has 0 fully saturated rings. The van der Waals surface area contributed by atoms with Crippen LogP contribution in [-0.2, 0) is 6.42 Å². The van der Waals surface area contributed by atoms with E-state index in [0.717, 1.165) is 11.3 Å². The molecule has 2 aromatic heterocycles. The van der Waals surface area contributed by atoms with Gasteiger partial charge in [-0.1, -0.05) is 26.0 Å². The highest BCUT2D eigenvalue weighted by molar-refractivity contribution is 6.12. The summed E-state index contributed by atoms with van der Waals surface area (Å²) in [5, 5.41) is 6.23. The van der Waals surface area contributed by atoms with Crippen molar-refractivity contribution >= 4 is 22.8 Å². The van der Waals surface area contributed by atoms with Crippen molar-refractivity contribution < 1.29 is 23.1 Å². The molecule has 2 heterocycles. The zero-order valence-electron chi connectivity index (χ0n) is 23.7. The molecule has 8 heteroatoms. The van der Waals surface area contributed by atoms with Gasteiger partial charge in [-0.3, -0.25) is 14.6 Å². The van der Waals surface area contributed by atoms with Crippen molar-refractivity contribution in [1.82, 2.24) is 15.6 Å². The Kier molecular flexibility index (Phi) is 8.62. The number of furan rings is 1. The Bertz CT molecular complexity index is 1710. The molecule has 0 unspecified atom stereocenters. The van der Waals surface area contributed by atoms with Gasteiger partial charge in [0.05, 0.1) is 12.2 Å². The molecule has 2 N–H and O–H groups in total. The molecule has 2 amide bonds. The molecule has 0 bridgehead atoms. The molecule has 5 rings (SSSR count). The number of aromatic nitrogens is 1. The van der Waals surface area contributed by atoms with Crippen LogP contribution in [0.3, 0.4) is 0 Å². The highest BCUT2D eigenvalue weighted by Crippen LogP contribution is 2.38. The standard InChI is InChI=1S/C34H32FN3O4/c1-21(2)20-38-33(39)24-10-13-29(41-17-15-26-6-4-5-16-37-26)27(19-24)23-9-14-30-28(18-23)31(34(40)36-3)32(42-30)22-7-11-25(35)12-8-22/h4-14,16,18-19,21H,15,17,20H2,1-3H3,(H,36,40)(H,38,39). The minimum absolute atomic E-state index is 0.181. The molecule has 0 aliphatic carbocycles. The summed E-state index contributed by atoms with van der Waals surface area (Å²) in [6, 6.07) is 22.4. The van der Waals surface area contributed by atoms with E-state index in [9.17, 15) is 14.0 Å². The van der Waals surface area contributed by atoms with Crippen LogP contribution < -0.4 is 15.4 Å². The Morgan fingerprint density at radius 3 is 2.45 bits per heavy atom. The number of benzene rings is 3. The number of ether oxygens (including phenoxy) is 1. The van der Waals surface area contributed by atoms with Gasteiger partial charge < -0.3 is 19.8 Å². The Morgan fingerprint density at radius 1 is 0.952 bits per heavy atom. The fourth-order valence-electron chi connectivity index (χ4n) is 4.65. The molecule has 3 aromatic carbocycles. The molecule has 214 valence electrons. The SMILES string of the molecule is CNC(=O)c1c(-c2ccc(F)cc2)oc2ccc(-c3cc(C(=O)NCC(C)C)ccc3OCCc3ccccn3)cc12. The van der Waals surface area contributed by atoms with E-state index in [4.69, 9.17) is 9.15 Å². The smallest absolute Gasteiger partial charge is 0.255 e. The maximum atomic E-state index is 13.6. The van der Waals surface area contributed by atoms with Crippen LogP contribution in [0.5, 0.6) is 5.75 Å². The van der Waals surface area contributed by atoms with Crippen LogP contribution in [-0.4, -0.2) is 37.0 Å². The number of carbonyl (C=O) groups excluding carboxylic acids is 2. The van der Waals surface area contributed by atoms with E-state index in [0.29, 0.717) is 70.2 Å². The lowest BCUT2D eigenvalue weighted by Gasteiger charge is -2.14. The highest BCUT2D eigenvalue weighted by Gasteiger charge is 2.23. The maximum Gasteiger partial charge on any atom is 0.255 e. The average molecular weight is 566 g/mol. The zero-order chi connectivity index (χ0) is 29.6. The maximum absolute atomic E-state index is 13.6. The third-order valence-electron chi connectivity index (χ3n) is 6.81. The molecule has 0 atom stereocenters. The number of hydrogen-bond donors (Lipinski definition) is 2. The molecule has 7 nitrogen and oxygen atoms in total. The van der Waals surface area contributed by atoms with E-state index in [1.807, 2.05) is 44.2 Å². The normalized spacial score (nSPS) is 11.1. The molecule has 0 aliphatic heterocycles.